The van der Waals surface area contributed by atoms with E-state index in [1.165, 1.54) is 23.9 Å². The number of aromatic nitrogens is 2. The number of benzene rings is 2. The van der Waals surface area contributed by atoms with E-state index < -0.39 is 0 Å². The third kappa shape index (κ3) is 4.82. The highest BCUT2D eigenvalue weighted by Gasteiger charge is 2.11. The molecule has 0 fully saturated rings. The van der Waals surface area contributed by atoms with Crippen LogP contribution in [-0.4, -0.2) is 9.97 Å². The van der Waals surface area contributed by atoms with E-state index in [0.717, 1.165) is 22.6 Å². The predicted octanol–water partition coefficient (Wildman–Crippen LogP) is 6.13. The Morgan fingerprint density at radius 3 is 2.46 bits per heavy atom. The van der Waals surface area contributed by atoms with Crippen molar-refractivity contribution in [2.24, 2.45) is 0 Å². The van der Waals surface area contributed by atoms with Crippen LogP contribution >= 0.6 is 11.8 Å². The third-order valence-corrected chi connectivity index (χ3v) is 4.80. The van der Waals surface area contributed by atoms with Gasteiger partial charge >= 0.3 is 0 Å². The summed E-state index contributed by atoms with van der Waals surface area (Å²) in [6.07, 6.45) is 0. The molecule has 2 aromatic carbocycles. The van der Waals surface area contributed by atoms with E-state index in [0.29, 0.717) is 16.8 Å². The molecule has 3 aromatic rings. The van der Waals surface area contributed by atoms with E-state index in [9.17, 15) is 4.39 Å². The second-order valence-corrected chi connectivity index (χ2v) is 7.29. The Morgan fingerprint density at radius 2 is 1.77 bits per heavy atom. The maximum atomic E-state index is 13.0. The number of thioether (sulfide) groups is 1. The SMILES string of the molecule is Cc1ccccc1Oc1cc(C(C)C)nc(SCc2ccc(F)cc2)n1. The lowest BCUT2D eigenvalue weighted by Crippen LogP contribution is -2.00. The molecular weight excluding hydrogens is 347 g/mol. The fourth-order valence-electron chi connectivity index (χ4n) is 2.35. The number of ether oxygens (including phenoxy) is 1. The second kappa shape index (κ2) is 8.32. The number of aryl methyl sites for hydroxylation is 1. The summed E-state index contributed by atoms with van der Waals surface area (Å²) in [6, 6.07) is 16.2. The van der Waals surface area contributed by atoms with Crippen molar-refractivity contribution in [1.82, 2.24) is 9.97 Å². The number of rotatable bonds is 6. The van der Waals surface area contributed by atoms with Crippen molar-refractivity contribution >= 4 is 11.8 Å². The summed E-state index contributed by atoms with van der Waals surface area (Å²) in [6.45, 7) is 6.19. The van der Waals surface area contributed by atoms with Gasteiger partial charge in [-0.25, -0.2) is 9.37 Å². The molecule has 0 N–H and O–H groups in total. The van der Waals surface area contributed by atoms with Gasteiger partial charge < -0.3 is 4.74 Å². The van der Waals surface area contributed by atoms with Crippen molar-refractivity contribution in [2.75, 3.05) is 0 Å². The van der Waals surface area contributed by atoms with Gasteiger partial charge in [0.05, 0.1) is 5.69 Å². The largest absolute Gasteiger partial charge is 0.439 e. The standard InChI is InChI=1S/C21H21FN2OS/c1-14(2)18-12-20(25-19-7-5-4-6-15(19)3)24-21(23-18)26-13-16-8-10-17(22)11-9-16/h4-12,14H,13H2,1-3H3. The Bertz CT molecular complexity index is 881. The molecule has 0 saturated heterocycles. The van der Waals surface area contributed by atoms with Crippen LogP contribution in [0.1, 0.15) is 36.6 Å². The van der Waals surface area contributed by atoms with E-state index in [4.69, 9.17) is 4.74 Å². The number of hydrogen-bond donors (Lipinski definition) is 0. The minimum absolute atomic E-state index is 0.231. The zero-order chi connectivity index (χ0) is 18.5. The molecule has 3 nitrogen and oxygen atoms in total. The minimum atomic E-state index is -0.231. The fourth-order valence-corrected chi connectivity index (χ4v) is 3.16. The van der Waals surface area contributed by atoms with Crippen LogP contribution in [-0.2, 0) is 5.75 Å². The lowest BCUT2D eigenvalue weighted by atomic mass is 10.1. The summed E-state index contributed by atoms with van der Waals surface area (Å²) >= 11 is 1.52. The van der Waals surface area contributed by atoms with Crippen molar-refractivity contribution in [3.63, 3.8) is 0 Å². The molecule has 0 atom stereocenters. The van der Waals surface area contributed by atoms with Crippen LogP contribution < -0.4 is 4.74 Å². The van der Waals surface area contributed by atoms with Gasteiger partial charge in [-0.15, -0.1) is 0 Å². The Morgan fingerprint density at radius 1 is 1.04 bits per heavy atom. The summed E-state index contributed by atoms with van der Waals surface area (Å²) in [5.74, 6) is 2.04. The van der Waals surface area contributed by atoms with Gasteiger partial charge in [-0.1, -0.05) is 55.9 Å². The average molecular weight is 368 g/mol. The molecule has 0 aliphatic carbocycles. The van der Waals surface area contributed by atoms with E-state index in [1.807, 2.05) is 37.3 Å². The average Bonchev–Trinajstić information content (AvgIpc) is 2.63. The number of halogens is 1. The maximum Gasteiger partial charge on any atom is 0.223 e. The van der Waals surface area contributed by atoms with E-state index >= 15 is 0 Å². The number of hydrogen-bond acceptors (Lipinski definition) is 4. The van der Waals surface area contributed by atoms with E-state index in [-0.39, 0.29) is 11.7 Å². The Hall–Kier alpha value is -2.40. The number of para-hydroxylation sites is 1. The Labute approximate surface area is 157 Å². The summed E-state index contributed by atoms with van der Waals surface area (Å²) in [4.78, 5) is 9.17. The topological polar surface area (TPSA) is 35.0 Å². The number of nitrogens with zero attached hydrogens (tertiary/aromatic N) is 2. The van der Waals surface area contributed by atoms with Crippen LogP contribution in [0.4, 0.5) is 4.39 Å². The lowest BCUT2D eigenvalue weighted by Gasteiger charge is -2.12. The highest BCUT2D eigenvalue weighted by atomic mass is 32.2. The van der Waals surface area contributed by atoms with Crippen LogP contribution in [0.3, 0.4) is 0 Å². The summed E-state index contributed by atoms with van der Waals surface area (Å²) in [5.41, 5.74) is 3.01. The van der Waals surface area contributed by atoms with Crippen LogP contribution in [0.15, 0.2) is 59.8 Å². The van der Waals surface area contributed by atoms with Crippen LogP contribution in [0.25, 0.3) is 0 Å². The van der Waals surface area contributed by atoms with Gasteiger partial charge in [0.15, 0.2) is 5.16 Å². The van der Waals surface area contributed by atoms with Gasteiger partial charge in [-0.3, -0.25) is 0 Å². The molecular formula is C21H21FN2OS. The Balaban J connectivity index is 1.81. The molecule has 0 spiro atoms. The summed E-state index contributed by atoms with van der Waals surface area (Å²) < 4.78 is 19.0. The zero-order valence-electron chi connectivity index (χ0n) is 15.1. The predicted molar refractivity (Wildman–Crippen MR) is 103 cm³/mol. The molecule has 134 valence electrons. The van der Waals surface area contributed by atoms with Gasteiger partial charge in [0.2, 0.25) is 5.88 Å². The molecule has 0 saturated carbocycles. The molecule has 1 heterocycles. The highest BCUT2D eigenvalue weighted by molar-refractivity contribution is 7.98. The normalized spacial score (nSPS) is 11.0. The van der Waals surface area contributed by atoms with Crippen molar-refractivity contribution in [2.45, 2.75) is 37.6 Å². The summed E-state index contributed by atoms with van der Waals surface area (Å²) in [5, 5.41) is 0.657. The summed E-state index contributed by atoms with van der Waals surface area (Å²) in [7, 11) is 0. The molecule has 0 bridgehead atoms. The first-order chi connectivity index (χ1) is 12.5. The molecule has 0 radical (unpaired) electrons. The van der Waals surface area contributed by atoms with Crippen molar-refractivity contribution < 1.29 is 9.13 Å². The first-order valence-electron chi connectivity index (χ1n) is 8.51. The fraction of sp³-hybridized carbons (Fsp3) is 0.238. The minimum Gasteiger partial charge on any atom is -0.439 e. The lowest BCUT2D eigenvalue weighted by molar-refractivity contribution is 0.449. The third-order valence-electron chi connectivity index (χ3n) is 3.88. The van der Waals surface area contributed by atoms with Crippen LogP contribution in [0.5, 0.6) is 11.6 Å². The quantitative estimate of drug-likeness (QED) is 0.387. The van der Waals surface area contributed by atoms with Gasteiger partial charge in [0, 0.05) is 11.8 Å². The van der Waals surface area contributed by atoms with Gasteiger partial charge in [-0.2, -0.15) is 4.98 Å². The first kappa shape index (κ1) is 18.4. The molecule has 1 aromatic heterocycles. The van der Waals surface area contributed by atoms with Crippen LogP contribution in [0.2, 0.25) is 0 Å². The molecule has 26 heavy (non-hydrogen) atoms. The molecule has 3 rings (SSSR count). The molecule has 0 amide bonds. The van der Waals surface area contributed by atoms with E-state index in [1.54, 1.807) is 12.1 Å². The zero-order valence-corrected chi connectivity index (χ0v) is 15.9. The molecule has 0 aliphatic rings. The molecule has 5 heteroatoms. The smallest absolute Gasteiger partial charge is 0.223 e. The van der Waals surface area contributed by atoms with E-state index in [2.05, 4.69) is 23.8 Å². The van der Waals surface area contributed by atoms with Crippen molar-refractivity contribution in [3.05, 3.63) is 77.2 Å². The monoisotopic (exact) mass is 368 g/mol. The van der Waals surface area contributed by atoms with Gasteiger partial charge in [0.1, 0.15) is 11.6 Å². The molecule has 0 aliphatic heterocycles. The van der Waals surface area contributed by atoms with Gasteiger partial charge in [-0.05, 0) is 42.2 Å². The van der Waals surface area contributed by atoms with Crippen LogP contribution in [0, 0.1) is 12.7 Å². The van der Waals surface area contributed by atoms with Crippen molar-refractivity contribution in [3.8, 4) is 11.6 Å². The van der Waals surface area contributed by atoms with Crippen molar-refractivity contribution in [1.29, 1.82) is 0 Å². The molecule has 0 unspecified atom stereocenters. The second-order valence-electron chi connectivity index (χ2n) is 6.35. The Kier molecular flexibility index (Phi) is 5.89. The maximum absolute atomic E-state index is 13.0. The highest BCUT2D eigenvalue weighted by Crippen LogP contribution is 2.28. The first-order valence-corrected chi connectivity index (χ1v) is 9.49. The van der Waals surface area contributed by atoms with Gasteiger partial charge in [0.25, 0.3) is 0 Å².